The Balaban J connectivity index is 2.89. The van der Waals surface area contributed by atoms with E-state index in [1.807, 2.05) is 0 Å². The summed E-state index contributed by atoms with van der Waals surface area (Å²) in [6.07, 6.45) is 0. The second kappa shape index (κ2) is 11.3. The van der Waals surface area contributed by atoms with Crippen molar-refractivity contribution in [3.63, 3.8) is 0 Å². The van der Waals surface area contributed by atoms with Gasteiger partial charge in [0.2, 0.25) is 0 Å². The van der Waals surface area contributed by atoms with Gasteiger partial charge in [0.15, 0.2) is 5.56 Å². The second-order valence-electron chi connectivity index (χ2n) is 7.96. The Morgan fingerprint density at radius 2 is 0.622 bits per heavy atom. The number of rotatable bonds is 11. The Bertz CT molecular complexity index is 1920. The maximum absolute atomic E-state index is 12.1. The van der Waals surface area contributed by atoms with Gasteiger partial charge in [0.05, 0.1) is 44.3 Å². The van der Waals surface area contributed by atoms with Crippen LogP contribution in [0.2, 0.25) is 0 Å². The molecule has 3 rings (SSSR count). The van der Waals surface area contributed by atoms with Gasteiger partial charge in [-0.25, -0.2) is 0 Å². The van der Waals surface area contributed by atoms with Crippen molar-refractivity contribution in [1.29, 1.82) is 0 Å². The Morgan fingerprint density at radius 3 is 0.933 bits per heavy atom. The highest BCUT2D eigenvalue weighted by molar-refractivity contribution is 6.04. The Morgan fingerprint density at radius 1 is 0.333 bits per heavy atom. The Labute approximate surface area is 239 Å². The molecule has 0 radical (unpaired) electrons. The van der Waals surface area contributed by atoms with Crippen molar-refractivity contribution in [2.45, 2.75) is 0 Å². The van der Waals surface area contributed by atoms with E-state index in [1.165, 1.54) is 0 Å². The molecular weight excluding hydrogens is 630 g/mol. The summed E-state index contributed by atoms with van der Waals surface area (Å²) >= 11 is 0. The summed E-state index contributed by atoms with van der Waals surface area (Å²) < 4.78 is 0. The van der Waals surface area contributed by atoms with E-state index in [-0.39, 0.29) is 6.07 Å². The lowest BCUT2D eigenvalue weighted by atomic mass is 9.89. The third-order valence-electron chi connectivity index (χ3n) is 5.74. The lowest BCUT2D eigenvalue weighted by Crippen LogP contribution is -2.10. The van der Waals surface area contributed by atoms with Gasteiger partial charge in [-0.2, -0.15) is 0 Å². The van der Waals surface area contributed by atoms with Crippen molar-refractivity contribution in [2.24, 2.45) is 0 Å². The minimum absolute atomic E-state index is 0.124. The molecule has 0 saturated carbocycles. The number of hydrogen-bond acceptors (Lipinski definition) is 18. The summed E-state index contributed by atoms with van der Waals surface area (Å²) in [7, 11) is 0. The summed E-state index contributed by atoms with van der Waals surface area (Å²) in [5.74, 6) is 0. The molecule has 0 spiro atoms. The SMILES string of the molecule is O=[N+]([O-])c1cc([N+](=O)[O-])c([N+](=O)[O-])c([N+](=O)[O-])c1-c1ccccc1-c1c([N+](=O)[O-])c([N+](=O)[O-])c([N+](=O)[O-])c([N+](=O)[O-])c1[N+](=O)[O-]. The summed E-state index contributed by atoms with van der Waals surface area (Å²) in [6, 6.07) is 2.52. The standard InChI is InChI=1S/C18H5N9O18/c28-19(29)8-5-9(20(30)31)12(21(32)33)13(22(34)35)10(8)6-3-1-2-4-7(6)11-14(23(36)37)16(25(40)41)18(27(44)45)17(26(42)43)15(11)24(38)39/h1-5H. The molecule has 0 N–H and O–H groups in total. The van der Waals surface area contributed by atoms with Gasteiger partial charge in [0, 0.05) is 11.1 Å². The van der Waals surface area contributed by atoms with Gasteiger partial charge in [0.1, 0.15) is 11.6 Å². The van der Waals surface area contributed by atoms with E-state index < -0.39 is 118 Å². The summed E-state index contributed by atoms with van der Waals surface area (Å²) in [6.45, 7) is 0. The van der Waals surface area contributed by atoms with Gasteiger partial charge in [-0.1, -0.05) is 24.3 Å². The van der Waals surface area contributed by atoms with Crippen molar-refractivity contribution < 1.29 is 44.3 Å². The minimum Gasteiger partial charge on any atom is -0.258 e. The van der Waals surface area contributed by atoms with E-state index >= 15 is 0 Å². The molecule has 0 aliphatic heterocycles. The highest BCUT2D eigenvalue weighted by Crippen LogP contribution is 2.58. The number of nitrogens with zero attached hydrogens (tertiary/aromatic N) is 9. The predicted molar refractivity (Wildman–Crippen MR) is 137 cm³/mol. The van der Waals surface area contributed by atoms with Crippen molar-refractivity contribution in [3.05, 3.63) is 121 Å². The summed E-state index contributed by atoms with van der Waals surface area (Å²) in [5.41, 5.74) is -24.6. The average molecular weight is 635 g/mol. The molecule has 0 amide bonds. The van der Waals surface area contributed by atoms with Crippen LogP contribution in [0.4, 0.5) is 51.2 Å². The van der Waals surface area contributed by atoms with Crippen LogP contribution in [0, 0.1) is 91.0 Å². The van der Waals surface area contributed by atoms with Crippen LogP contribution in [0.15, 0.2) is 30.3 Å². The highest BCUT2D eigenvalue weighted by atomic mass is 16.7. The van der Waals surface area contributed by atoms with Crippen molar-refractivity contribution in [3.8, 4) is 22.3 Å². The zero-order chi connectivity index (χ0) is 34.2. The van der Waals surface area contributed by atoms with Gasteiger partial charge in [-0.05, 0) is 0 Å². The fourth-order valence-electron chi connectivity index (χ4n) is 4.27. The van der Waals surface area contributed by atoms with Gasteiger partial charge in [0.25, 0.3) is 5.69 Å². The molecule has 0 aromatic heterocycles. The molecule has 0 unspecified atom stereocenters. The molecule has 3 aromatic rings. The molecule has 0 aliphatic rings. The second-order valence-corrected chi connectivity index (χ2v) is 7.96. The van der Waals surface area contributed by atoms with E-state index in [2.05, 4.69) is 0 Å². The maximum Gasteiger partial charge on any atom is 0.437 e. The van der Waals surface area contributed by atoms with E-state index in [4.69, 9.17) is 0 Å². The van der Waals surface area contributed by atoms with E-state index in [0.717, 1.165) is 12.1 Å². The lowest BCUT2D eigenvalue weighted by molar-refractivity contribution is -0.459. The van der Waals surface area contributed by atoms with Crippen LogP contribution in [0.5, 0.6) is 0 Å². The molecule has 0 bridgehead atoms. The largest absolute Gasteiger partial charge is 0.437 e. The fourth-order valence-corrected chi connectivity index (χ4v) is 4.27. The molecule has 27 heteroatoms. The first-order valence-electron chi connectivity index (χ1n) is 10.7. The van der Waals surface area contributed by atoms with Gasteiger partial charge < -0.3 is 0 Å². The van der Waals surface area contributed by atoms with E-state index in [1.54, 1.807) is 0 Å². The first-order valence-corrected chi connectivity index (χ1v) is 10.7. The van der Waals surface area contributed by atoms with Crippen LogP contribution in [0.3, 0.4) is 0 Å². The molecule has 0 atom stereocenters. The molecule has 0 aliphatic carbocycles. The molecule has 0 fully saturated rings. The zero-order valence-electron chi connectivity index (χ0n) is 20.8. The Kier molecular flexibility index (Phi) is 7.96. The third-order valence-corrected chi connectivity index (χ3v) is 5.74. The molecule has 3 aromatic carbocycles. The molecule has 230 valence electrons. The predicted octanol–water partition coefficient (Wildman–Crippen LogP) is 4.19. The first kappa shape index (κ1) is 31.8. The maximum atomic E-state index is 12.1. The number of hydrogen-bond donors (Lipinski definition) is 0. The topological polar surface area (TPSA) is 388 Å². The quantitative estimate of drug-likeness (QED) is 0.210. The van der Waals surface area contributed by atoms with Crippen molar-refractivity contribution in [2.75, 3.05) is 0 Å². The molecule has 45 heavy (non-hydrogen) atoms. The molecule has 0 heterocycles. The molecule has 0 saturated heterocycles. The number of nitro benzene ring substituents is 9. The summed E-state index contributed by atoms with van der Waals surface area (Å²) in [5, 5.41) is 107. The van der Waals surface area contributed by atoms with Crippen molar-refractivity contribution >= 4 is 51.2 Å². The van der Waals surface area contributed by atoms with Crippen LogP contribution >= 0.6 is 0 Å². The van der Waals surface area contributed by atoms with Crippen LogP contribution < -0.4 is 0 Å². The molecule has 27 nitrogen and oxygen atoms in total. The van der Waals surface area contributed by atoms with Gasteiger partial charge in [-0.3, -0.25) is 91.0 Å². The smallest absolute Gasteiger partial charge is 0.258 e. The van der Waals surface area contributed by atoms with E-state index in [9.17, 15) is 91.0 Å². The number of benzene rings is 3. The average Bonchev–Trinajstić information content (AvgIpc) is 2.93. The Hall–Kier alpha value is -7.74. The van der Waals surface area contributed by atoms with Crippen LogP contribution in [-0.2, 0) is 0 Å². The van der Waals surface area contributed by atoms with Crippen molar-refractivity contribution in [1.82, 2.24) is 0 Å². The third kappa shape index (κ3) is 5.11. The molecular formula is C18H5N9O18. The van der Waals surface area contributed by atoms with Gasteiger partial charge >= 0.3 is 45.5 Å². The normalized spacial score (nSPS) is 10.5. The first-order chi connectivity index (χ1) is 20.9. The lowest BCUT2D eigenvalue weighted by Gasteiger charge is -2.12. The van der Waals surface area contributed by atoms with Crippen LogP contribution in [0.1, 0.15) is 0 Å². The van der Waals surface area contributed by atoms with Gasteiger partial charge in [-0.15, -0.1) is 0 Å². The minimum atomic E-state index is -2.33. The fraction of sp³-hybridized carbons (Fsp3) is 0. The summed E-state index contributed by atoms with van der Waals surface area (Å²) in [4.78, 5) is 90.9. The van der Waals surface area contributed by atoms with Crippen LogP contribution in [-0.4, -0.2) is 44.3 Å². The highest BCUT2D eigenvalue weighted by Gasteiger charge is 2.55. The van der Waals surface area contributed by atoms with Crippen LogP contribution in [0.25, 0.3) is 22.3 Å². The number of nitro groups is 9. The zero-order valence-corrected chi connectivity index (χ0v) is 20.8. The monoisotopic (exact) mass is 635 g/mol. The van der Waals surface area contributed by atoms with E-state index in [0.29, 0.717) is 12.1 Å².